The molecule has 0 saturated carbocycles. The van der Waals surface area contributed by atoms with Gasteiger partial charge in [-0.05, 0) is 36.2 Å². The number of benzene rings is 3. The monoisotopic (exact) mass is 501 g/mol. The molecule has 0 aliphatic heterocycles. The number of amides is 1. The van der Waals surface area contributed by atoms with Crippen LogP contribution in [-0.4, -0.2) is 48.3 Å². The molecule has 1 aromatic heterocycles. The van der Waals surface area contributed by atoms with Gasteiger partial charge in [-0.1, -0.05) is 65.8 Å². The molecule has 4 aromatic rings. The minimum Gasteiger partial charge on any atom is -0.493 e. The number of nitrogens with zero attached hydrogens (tertiary/aromatic N) is 3. The van der Waals surface area contributed by atoms with Crippen LogP contribution in [0.1, 0.15) is 30.0 Å². The van der Waals surface area contributed by atoms with Crippen LogP contribution < -0.4 is 9.47 Å². The number of ether oxygens (including phenoxy) is 3. The van der Waals surface area contributed by atoms with Gasteiger partial charge in [0.1, 0.15) is 6.61 Å². The summed E-state index contributed by atoms with van der Waals surface area (Å²) in [6, 6.07) is 25.0. The average molecular weight is 502 g/mol. The van der Waals surface area contributed by atoms with Gasteiger partial charge < -0.3 is 23.6 Å². The lowest BCUT2D eigenvalue weighted by molar-refractivity contribution is -0.138. The zero-order valence-corrected chi connectivity index (χ0v) is 21.3. The van der Waals surface area contributed by atoms with Gasteiger partial charge in [-0.15, -0.1) is 0 Å². The van der Waals surface area contributed by atoms with Crippen molar-refractivity contribution < 1.29 is 23.5 Å². The van der Waals surface area contributed by atoms with E-state index in [4.69, 9.17) is 18.7 Å². The number of hydrogen-bond acceptors (Lipinski definition) is 7. The molecule has 0 aliphatic rings. The summed E-state index contributed by atoms with van der Waals surface area (Å²) in [4.78, 5) is 19.6. The van der Waals surface area contributed by atoms with Crippen molar-refractivity contribution in [1.82, 2.24) is 15.0 Å². The molecular formula is C29H31N3O5. The maximum Gasteiger partial charge on any atom is 0.249 e. The summed E-state index contributed by atoms with van der Waals surface area (Å²) >= 11 is 0. The molecule has 0 saturated heterocycles. The Kier molecular flexibility index (Phi) is 8.89. The Labute approximate surface area is 216 Å². The first-order valence-electron chi connectivity index (χ1n) is 12.1. The molecule has 0 fully saturated rings. The second-order valence-corrected chi connectivity index (χ2v) is 8.48. The zero-order valence-electron chi connectivity index (χ0n) is 21.3. The molecule has 0 radical (unpaired) electrons. The van der Waals surface area contributed by atoms with E-state index in [0.717, 1.165) is 16.7 Å². The number of hydrogen-bond donors (Lipinski definition) is 0. The first-order chi connectivity index (χ1) is 18.1. The van der Waals surface area contributed by atoms with Gasteiger partial charge in [0.15, 0.2) is 11.5 Å². The third-order valence-corrected chi connectivity index (χ3v) is 6.08. The quantitative estimate of drug-likeness (QED) is 0.267. The summed E-state index contributed by atoms with van der Waals surface area (Å²) in [7, 11) is 3.16. The van der Waals surface area contributed by atoms with Crippen molar-refractivity contribution in [3.63, 3.8) is 0 Å². The Bertz CT molecular complexity index is 1280. The number of carbonyl (C=O) groups excluding carboxylic acids is 1. The molecule has 37 heavy (non-hydrogen) atoms. The van der Waals surface area contributed by atoms with Gasteiger partial charge in [0.25, 0.3) is 0 Å². The highest BCUT2D eigenvalue weighted by Gasteiger charge is 2.23. The lowest BCUT2D eigenvalue weighted by Gasteiger charge is -2.29. The van der Waals surface area contributed by atoms with E-state index in [1.165, 1.54) is 0 Å². The van der Waals surface area contributed by atoms with Crippen LogP contribution in [0.2, 0.25) is 0 Å². The molecule has 1 unspecified atom stereocenters. The summed E-state index contributed by atoms with van der Waals surface area (Å²) in [5.74, 6) is 1.97. The summed E-state index contributed by atoms with van der Waals surface area (Å²) < 4.78 is 21.9. The van der Waals surface area contributed by atoms with Gasteiger partial charge in [-0.3, -0.25) is 4.79 Å². The molecule has 8 heteroatoms. The zero-order chi connectivity index (χ0) is 26.0. The molecule has 3 aromatic carbocycles. The Morgan fingerprint density at radius 2 is 1.65 bits per heavy atom. The summed E-state index contributed by atoms with van der Waals surface area (Å²) in [5, 5.41) is 4.12. The minimum atomic E-state index is -0.151. The van der Waals surface area contributed by atoms with Crippen molar-refractivity contribution in [2.75, 3.05) is 27.4 Å². The van der Waals surface area contributed by atoms with Crippen LogP contribution in [0.4, 0.5) is 0 Å². The van der Waals surface area contributed by atoms with Gasteiger partial charge in [0.05, 0.1) is 26.9 Å². The van der Waals surface area contributed by atoms with Gasteiger partial charge in [0.2, 0.25) is 17.6 Å². The SMILES string of the molecule is COc1ccc(-c2noc(CCN(C(=O)COCc3ccccc3)C(C)c3ccccc3)n2)cc1OC. The van der Waals surface area contributed by atoms with Crippen LogP contribution in [0.5, 0.6) is 11.5 Å². The number of methoxy groups -OCH3 is 2. The molecular weight excluding hydrogens is 470 g/mol. The van der Waals surface area contributed by atoms with Crippen molar-refractivity contribution in [3.8, 4) is 22.9 Å². The fraction of sp³-hybridized carbons (Fsp3) is 0.276. The van der Waals surface area contributed by atoms with Gasteiger partial charge in [0, 0.05) is 18.5 Å². The molecule has 0 spiro atoms. The van der Waals surface area contributed by atoms with E-state index < -0.39 is 0 Å². The van der Waals surface area contributed by atoms with E-state index in [2.05, 4.69) is 10.1 Å². The van der Waals surface area contributed by atoms with E-state index >= 15 is 0 Å². The number of aromatic nitrogens is 2. The van der Waals surface area contributed by atoms with Crippen LogP contribution >= 0.6 is 0 Å². The third-order valence-electron chi connectivity index (χ3n) is 6.08. The normalized spacial score (nSPS) is 11.6. The highest BCUT2D eigenvalue weighted by atomic mass is 16.5. The summed E-state index contributed by atoms with van der Waals surface area (Å²) in [6.07, 6.45) is 0.405. The minimum absolute atomic E-state index is 0.0210. The van der Waals surface area contributed by atoms with Crippen molar-refractivity contribution in [2.24, 2.45) is 0 Å². The van der Waals surface area contributed by atoms with Crippen LogP contribution in [-0.2, 0) is 22.6 Å². The third kappa shape index (κ3) is 6.74. The van der Waals surface area contributed by atoms with Crippen LogP contribution in [0.3, 0.4) is 0 Å². The summed E-state index contributed by atoms with van der Waals surface area (Å²) in [5.41, 5.74) is 2.80. The topological polar surface area (TPSA) is 86.9 Å². The fourth-order valence-corrected chi connectivity index (χ4v) is 4.02. The maximum absolute atomic E-state index is 13.2. The van der Waals surface area contributed by atoms with Crippen LogP contribution in [0.15, 0.2) is 83.4 Å². The summed E-state index contributed by atoms with van der Waals surface area (Å²) in [6.45, 7) is 2.76. The molecule has 0 bridgehead atoms. The molecule has 1 heterocycles. The smallest absolute Gasteiger partial charge is 0.249 e. The highest BCUT2D eigenvalue weighted by Crippen LogP contribution is 2.31. The van der Waals surface area contributed by atoms with E-state index in [-0.39, 0.29) is 18.6 Å². The maximum atomic E-state index is 13.2. The molecule has 8 nitrogen and oxygen atoms in total. The predicted molar refractivity (Wildman–Crippen MR) is 139 cm³/mol. The predicted octanol–water partition coefficient (Wildman–Crippen LogP) is 5.10. The Balaban J connectivity index is 1.44. The lowest BCUT2D eigenvalue weighted by atomic mass is 10.1. The van der Waals surface area contributed by atoms with Gasteiger partial charge in [-0.25, -0.2) is 0 Å². The first kappa shape index (κ1) is 25.9. The molecule has 4 rings (SSSR count). The average Bonchev–Trinajstić information content (AvgIpc) is 3.42. The van der Waals surface area contributed by atoms with Crippen molar-refractivity contribution >= 4 is 5.91 Å². The van der Waals surface area contributed by atoms with E-state index in [1.54, 1.807) is 31.3 Å². The highest BCUT2D eigenvalue weighted by molar-refractivity contribution is 5.78. The standard InChI is InChI=1S/C29H31N3O5/c1-21(23-12-8-5-9-13-23)32(28(33)20-36-19-22-10-6-4-7-11-22)17-16-27-30-29(31-37-27)24-14-15-25(34-2)26(18-24)35-3/h4-15,18,21H,16-17,19-20H2,1-3H3. The lowest BCUT2D eigenvalue weighted by Crippen LogP contribution is -2.37. The van der Waals surface area contributed by atoms with E-state index in [0.29, 0.717) is 42.8 Å². The first-order valence-corrected chi connectivity index (χ1v) is 12.1. The molecule has 0 aliphatic carbocycles. The van der Waals surface area contributed by atoms with Gasteiger partial charge in [-0.2, -0.15) is 4.98 Å². The number of rotatable bonds is 12. The Morgan fingerprint density at radius 1 is 0.946 bits per heavy atom. The van der Waals surface area contributed by atoms with Crippen molar-refractivity contribution in [3.05, 3.63) is 95.9 Å². The molecule has 192 valence electrons. The largest absolute Gasteiger partial charge is 0.493 e. The van der Waals surface area contributed by atoms with Crippen molar-refractivity contribution in [2.45, 2.75) is 26.0 Å². The molecule has 1 atom stereocenters. The fourth-order valence-electron chi connectivity index (χ4n) is 4.02. The second-order valence-electron chi connectivity index (χ2n) is 8.48. The number of carbonyl (C=O) groups is 1. The molecule has 0 N–H and O–H groups in total. The molecule has 1 amide bonds. The van der Waals surface area contributed by atoms with E-state index in [9.17, 15) is 4.79 Å². The van der Waals surface area contributed by atoms with E-state index in [1.807, 2.05) is 73.7 Å². The Morgan fingerprint density at radius 3 is 2.35 bits per heavy atom. The van der Waals surface area contributed by atoms with Crippen molar-refractivity contribution in [1.29, 1.82) is 0 Å². The van der Waals surface area contributed by atoms with Crippen LogP contribution in [0, 0.1) is 0 Å². The van der Waals surface area contributed by atoms with Crippen LogP contribution in [0.25, 0.3) is 11.4 Å². The second kappa shape index (κ2) is 12.7. The van der Waals surface area contributed by atoms with Gasteiger partial charge >= 0.3 is 0 Å². The Hall–Kier alpha value is -4.17.